The lowest BCUT2D eigenvalue weighted by atomic mass is 10.1. The van der Waals surface area contributed by atoms with Gasteiger partial charge in [0.15, 0.2) is 0 Å². The van der Waals surface area contributed by atoms with E-state index in [2.05, 4.69) is 35.6 Å². The quantitative estimate of drug-likeness (QED) is 0.667. The normalized spacial score (nSPS) is 12.9. The fraction of sp³-hybridized carbons (Fsp3) is 0.786. The van der Waals surface area contributed by atoms with Gasteiger partial charge in [-0.2, -0.15) is 0 Å². The zero-order chi connectivity index (χ0) is 12.5. The van der Waals surface area contributed by atoms with E-state index < -0.39 is 0 Å². The third-order valence-electron chi connectivity index (χ3n) is 3.26. The molecule has 17 heavy (non-hydrogen) atoms. The topological polar surface area (TPSA) is 29.9 Å². The molecule has 0 amide bonds. The molecular weight excluding hydrogens is 210 g/mol. The van der Waals surface area contributed by atoms with Gasteiger partial charge in [0.2, 0.25) is 0 Å². The van der Waals surface area contributed by atoms with Gasteiger partial charge in [0.25, 0.3) is 0 Å². The molecule has 0 radical (unpaired) electrons. The van der Waals surface area contributed by atoms with Gasteiger partial charge in [-0.05, 0) is 20.3 Å². The van der Waals surface area contributed by atoms with Crippen LogP contribution in [0.25, 0.3) is 0 Å². The van der Waals surface area contributed by atoms with Gasteiger partial charge in [-0.1, -0.05) is 32.6 Å². The first-order chi connectivity index (χ1) is 8.27. The maximum Gasteiger partial charge on any atom is 0.0948 e. The fourth-order valence-electron chi connectivity index (χ4n) is 2.04. The summed E-state index contributed by atoms with van der Waals surface area (Å²) in [6.45, 7) is 8.62. The Labute approximate surface area is 106 Å². The maximum atomic E-state index is 4.18. The van der Waals surface area contributed by atoms with Crippen molar-refractivity contribution in [1.82, 2.24) is 14.9 Å². The first-order valence-corrected chi connectivity index (χ1v) is 7.00. The lowest BCUT2D eigenvalue weighted by Crippen LogP contribution is -2.26. The van der Waals surface area contributed by atoms with Gasteiger partial charge in [-0.25, -0.2) is 4.98 Å². The van der Waals surface area contributed by atoms with Crippen LogP contribution < -0.4 is 5.32 Å². The number of hydrogen-bond donors (Lipinski definition) is 1. The van der Waals surface area contributed by atoms with E-state index in [9.17, 15) is 0 Å². The first kappa shape index (κ1) is 14.2. The molecule has 0 aliphatic carbocycles. The van der Waals surface area contributed by atoms with E-state index in [-0.39, 0.29) is 0 Å². The molecule has 3 nitrogen and oxygen atoms in total. The number of nitrogens with zero attached hydrogens (tertiary/aromatic N) is 2. The minimum absolute atomic E-state index is 0.604. The van der Waals surface area contributed by atoms with Crippen LogP contribution in [0.4, 0.5) is 0 Å². The maximum absolute atomic E-state index is 4.18. The highest BCUT2D eigenvalue weighted by atomic mass is 15.1. The van der Waals surface area contributed by atoms with Crippen LogP contribution in [-0.4, -0.2) is 15.6 Å². The van der Waals surface area contributed by atoms with Crippen molar-refractivity contribution in [1.29, 1.82) is 0 Å². The van der Waals surface area contributed by atoms with Crippen molar-refractivity contribution in [2.24, 2.45) is 0 Å². The second-order valence-electron chi connectivity index (χ2n) is 4.80. The Kier molecular flexibility index (Phi) is 6.94. The van der Waals surface area contributed by atoms with Crippen molar-refractivity contribution in [3.05, 3.63) is 18.2 Å². The second-order valence-corrected chi connectivity index (χ2v) is 4.80. The van der Waals surface area contributed by atoms with Crippen molar-refractivity contribution in [2.45, 2.75) is 72.0 Å². The third-order valence-corrected chi connectivity index (χ3v) is 3.26. The van der Waals surface area contributed by atoms with Gasteiger partial charge in [0, 0.05) is 25.3 Å². The first-order valence-electron chi connectivity index (χ1n) is 7.00. The van der Waals surface area contributed by atoms with Gasteiger partial charge in [-0.15, -0.1) is 0 Å². The van der Waals surface area contributed by atoms with Gasteiger partial charge >= 0.3 is 0 Å². The number of hydrogen-bond acceptors (Lipinski definition) is 2. The van der Waals surface area contributed by atoms with Gasteiger partial charge < -0.3 is 9.88 Å². The molecule has 0 aliphatic rings. The summed E-state index contributed by atoms with van der Waals surface area (Å²) in [7, 11) is 0. The number of aromatic nitrogens is 2. The molecule has 0 bridgehead atoms. The zero-order valence-electron chi connectivity index (χ0n) is 11.6. The van der Waals surface area contributed by atoms with E-state index in [1.165, 1.54) is 37.8 Å². The molecule has 1 aromatic heterocycles. The Hall–Kier alpha value is -0.830. The molecule has 98 valence electrons. The molecule has 1 N–H and O–H groups in total. The van der Waals surface area contributed by atoms with Crippen LogP contribution in [0.1, 0.15) is 58.6 Å². The highest BCUT2D eigenvalue weighted by Crippen LogP contribution is 2.06. The summed E-state index contributed by atoms with van der Waals surface area (Å²) in [5, 5.41) is 3.58. The molecule has 0 saturated heterocycles. The van der Waals surface area contributed by atoms with Crippen molar-refractivity contribution in [2.75, 3.05) is 0 Å². The lowest BCUT2D eigenvalue weighted by Gasteiger charge is -2.14. The van der Waals surface area contributed by atoms with Crippen LogP contribution in [0.5, 0.6) is 0 Å². The molecule has 0 fully saturated rings. The molecule has 1 heterocycles. The summed E-state index contributed by atoms with van der Waals surface area (Å²) in [6, 6.07) is 0.604. The minimum atomic E-state index is 0.604. The molecule has 1 rings (SSSR count). The van der Waals surface area contributed by atoms with E-state index in [0.29, 0.717) is 6.04 Å². The van der Waals surface area contributed by atoms with Crippen LogP contribution in [0.15, 0.2) is 12.5 Å². The number of imidazole rings is 1. The number of rotatable bonds is 9. The summed E-state index contributed by atoms with van der Waals surface area (Å²) in [4.78, 5) is 4.18. The van der Waals surface area contributed by atoms with E-state index >= 15 is 0 Å². The Bertz CT molecular complexity index is 293. The van der Waals surface area contributed by atoms with Gasteiger partial charge in [0.05, 0.1) is 12.0 Å². The summed E-state index contributed by atoms with van der Waals surface area (Å²) in [5.41, 5.74) is 1.29. The van der Waals surface area contributed by atoms with Crippen molar-refractivity contribution >= 4 is 0 Å². The Morgan fingerprint density at radius 3 is 2.82 bits per heavy atom. The monoisotopic (exact) mass is 237 g/mol. The number of nitrogens with one attached hydrogen (secondary N) is 1. The van der Waals surface area contributed by atoms with E-state index in [0.717, 1.165) is 13.1 Å². The lowest BCUT2D eigenvalue weighted by molar-refractivity contribution is 0.474. The molecule has 0 saturated carbocycles. The third kappa shape index (κ3) is 5.35. The molecule has 1 unspecified atom stereocenters. The van der Waals surface area contributed by atoms with Crippen molar-refractivity contribution in [3.63, 3.8) is 0 Å². The minimum Gasteiger partial charge on any atom is -0.334 e. The molecule has 0 aromatic carbocycles. The fourth-order valence-corrected chi connectivity index (χ4v) is 2.04. The average molecular weight is 237 g/mol. The molecule has 1 atom stereocenters. The highest BCUT2D eigenvalue weighted by molar-refractivity contribution is 4.97. The summed E-state index contributed by atoms with van der Waals surface area (Å²) in [5.74, 6) is 0. The Balaban J connectivity index is 2.17. The molecule has 1 aromatic rings. The second kappa shape index (κ2) is 8.29. The molecule has 0 spiro atoms. The Morgan fingerprint density at radius 2 is 2.12 bits per heavy atom. The zero-order valence-corrected chi connectivity index (χ0v) is 11.6. The van der Waals surface area contributed by atoms with Crippen LogP contribution in [0.3, 0.4) is 0 Å². The van der Waals surface area contributed by atoms with E-state index in [1.807, 2.05) is 12.5 Å². The van der Waals surface area contributed by atoms with Gasteiger partial charge in [-0.3, -0.25) is 0 Å². The predicted octanol–water partition coefficient (Wildman–Crippen LogP) is 3.35. The number of unbranched alkanes of at least 4 members (excludes halogenated alkanes) is 3. The standard InChI is InChI=1S/C14H27N3/c1-4-6-7-8-9-13(3)16-11-14-10-15-12-17(14)5-2/h10,12-13,16H,4-9,11H2,1-3H3. The highest BCUT2D eigenvalue weighted by Gasteiger charge is 2.04. The van der Waals surface area contributed by atoms with Crippen molar-refractivity contribution < 1.29 is 0 Å². The van der Waals surface area contributed by atoms with Crippen LogP contribution in [0.2, 0.25) is 0 Å². The average Bonchev–Trinajstić information content (AvgIpc) is 2.79. The molecular formula is C14H27N3. The smallest absolute Gasteiger partial charge is 0.0948 e. The van der Waals surface area contributed by atoms with E-state index in [1.54, 1.807) is 0 Å². The summed E-state index contributed by atoms with van der Waals surface area (Å²) in [6.07, 6.45) is 10.5. The molecule has 3 heteroatoms. The summed E-state index contributed by atoms with van der Waals surface area (Å²) >= 11 is 0. The van der Waals surface area contributed by atoms with Gasteiger partial charge in [0.1, 0.15) is 0 Å². The van der Waals surface area contributed by atoms with Crippen molar-refractivity contribution in [3.8, 4) is 0 Å². The SMILES string of the molecule is CCCCCCC(C)NCc1cncn1CC. The molecule has 0 aliphatic heterocycles. The summed E-state index contributed by atoms with van der Waals surface area (Å²) < 4.78 is 2.19. The van der Waals surface area contributed by atoms with Crippen LogP contribution >= 0.6 is 0 Å². The van der Waals surface area contributed by atoms with E-state index in [4.69, 9.17) is 0 Å². The predicted molar refractivity (Wildman–Crippen MR) is 73.0 cm³/mol. The number of aryl methyl sites for hydroxylation is 1. The van der Waals surface area contributed by atoms with Crippen LogP contribution in [-0.2, 0) is 13.1 Å². The van der Waals surface area contributed by atoms with Crippen LogP contribution in [0, 0.1) is 0 Å². The Morgan fingerprint density at radius 1 is 1.29 bits per heavy atom. The largest absolute Gasteiger partial charge is 0.334 e.